The van der Waals surface area contributed by atoms with Gasteiger partial charge >= 0.3 is 5.92 Å². The number of hydrogen-bond acceptors (Lipinski definition) is 5. The molecule has 8 heteroatoms. The maximum absolute atomic E-state index is 15.4. The lowest BCUT2D eigenvalue weighted by atomic mass is 9.97. The number of rotatable bonds is 9. The first kappa shape index (κ1) is 20.4. The van der Waals surface area contributed by atoms with Crippen LogP contribution in [0.3, 0.4) is 0 Å². The Bertz CT molecular complexity index is 832. The molecule has 0 radical (unpaired) electrons. The van der Waals surface area contributed by atoms with E-state index in [0.717, 1.165) is 0 Å². The summed E-state index contributed by atoms with van der Waals surface area (Å²) in [6.07, 6.45) is 3.52. The molecule has 1 aliphatic carbocycles. The van der Waals surface area contributed by atoms with Crippen LogP contribution in [0, 0.1) is 11.3 Å². The highest BCUT2D eigenvalue weighted by Crippen LogP contribution is 2.41. The second-order valence-electron chi connectivity index (χ2n) is 7.02. The molecule has 2 atom stereocenters. The molecule has 0 aliphatic heterocycles. The third kappa shape index (κ3) is 4.37. The zero-order valence-corrected chi connectivity index (χ0v) is 16.3. The molecule has 3 rings (SSSR count). The van der Waals surface area contributed by atoms with E-state index in [-0.39, 0.29) is 5.69 Å². The van der Waals surface area contributed by atoms with Gasteiger partial charge in [0.1, 0.15) is 17.3 Å². The van der Waals surface area contributed by atoms with Crippen molar-refractivity contribution < 1.29 is 13.6 Å². The van der Waals surface area contributed by atoms with Gasteiger partial charge in [-0.25, -0.2) is 0 Å². The van der Waals surface area contributed by atoms with Crippen molar-refractivity contribution in [3.63, 3.8) is 0 Å². The molecule has 2 heterocycles. The van der Waals surface area contributed by atoms with Crippen LogP contribution in [0.5, 0.6) is 0 Å². The maximum atomic E-state index is 15.4. The lowest BCUT2D eigenvalue weighted by molar-refractivity contribution is -0.125. The minimum atomic E-state index is -3.32. The Balaban J connectivity index is 1.87. The Hall–Kier alpha value is -2.37. The number of nitrogens with one attached hydrogen (secondary N) is 2. The van der Waals surface area contributed by atoms with E-state index in [4.69, 9.17) is 0 Å². The zero-order chi connectivity index (χ0) is 20.2. The summed E-state index contributed by atoms with van der Waals surface area (Å²) in [5.41, 5.74) is -0.799. The van der Waals surface area contributed by atoms with Crippen LogP contribution in [0.4, 0.5) is 8.78 Å². The van der Waals surface area contributed by atoms with Gasteiger partial charge < -0.3 is 5.32 Å². The normalized spacial score (nSPS) is 17.4. The summed E-state index contributed by atoms with van der Waals surface area (Å²) in [6, 6.07) is 5.85. The Morgan fingerprint density at radius 1 is 1.43 bits per heavy atom. The van der Waals surface area contributed by atoms with Crippen LogP contribution in [-0.2, 0) is 10.7 Å². The number of nitriles is 1. The molecule has 28 heavy (non-hydrogen) atoms. The van der Waals surface area contributed by atoms with E-state index < -0.39 is 29.5 Å². The molecule has 148 valence electrons. The van der Waals surface area contributed by atoms with Crippen molar-refractivity contribution in [1.29, 1.82) is 5.26 Å². The Morgan fingerprint density at radius 3 is 2.75 bits per heavy atom. The summed E-state index contributed by atoms with van der Waals surface area (Å²) >= 11 is 1.31. The van der Waals surface area contributed by atoms with Gasteiger partial charge in [-0.05, 0) is 53.8 Å². The molecule has 1 aliphatic rings. The number of nitrogens with zero attached hydrogens (tertiary/aromatic N) is 2. The number of thiophene rings is 1. The van der Waals surface area contributed by atoms with Crippen molar-refractivity contribution >= 4 is 17.2 Å². The number of alkyl halides is 2. The van der Waals surface area contributed by atoms with Crippen molar-refractivity contribution in [2.24, 2.45) is 0 Å². The average Bonchev–Trinajstić information content (AvgIpc) is 3.26. The lowest BCUT2D eigenvalue weighted by Crippen LogP contribution is -2.51. The molecular formula is C20H22F2N4OS. The van der Waals surface area contributed by atoms with Crippen LogP contribution >= 0.6 is 11.3 Å². The fourth-order valence-electron chi connectivity index (χ4n) is 3.05. The molecule has 1 amide bonds. The van der Waals surface area contributed by atoms with Crippen LogP contribution in [0.15, 0.2) is 41.2 Å². The topological polar surface area (TPSA) is 77.8 Å². The summed E-state index contributed by atoms with van der Waals surface area (Å²) in [5.74, 6) is -3.74. The number of hydrogen-bond donors (Lipinski definition) is 2. The molecule has 0 bridgehead atoms. The van der Waals surface area contributed by atoms with Gasteiger partial charge in [0.05, 0.1) is 12.1 Å². The molecule has 1 saturated carbocycles. The summed E-state index contributed by atoms with van der Waals surface area (Å²) in [7, 11) is 0. The average molecular weight is 404 g/mol. The molecule has 0 aromatic carbocycles. The minimum absolute atomic E-state index is 0.356. The number of carbonyl (C=O) groups excluding carboxylic acids is 1. The van der Waals surface area contributed by atoms with Gasteiger partial charge in [0.25, 0.3) is 0 Å². The molecule has 0 saturated heterocycles. The van der Waals surface area contributed by atoms with Gasteiger partial charge in [-0.3, -0.25) is 15.1 Å². The first-order valence-corrected chi connectivity index (χ1v) is 10.2. The number of carbonyl (C=O) groups is 1. The molecule has 2 aromatic rings. The van der Waals surface area contributed by atoms with Gasteiger partial charge in [0.2, 0.25) is 5.91 Å². The fourth-order valence-corrected chi connectivity index (χ4v) is 3.74. The van der Waals surface area contributed by atoms with E-state index in [9.17, 15) is 10.1 Å². The van der Waals surface area contributed by atoms with E-state index in [1.807, 2.05) is 6.92 Å². The van der Waals surface area contributed by atoms with Crippen molar-refractivity contribution in [2.45, 2.75) is 56.2 Å². The van der Waals surface area contributed by atoms with Gasteiger partial charge in [0.15, 0.2) is 0 Å². The quantitative estimate of drug-likeness (QED) is 0.664. The fraction of sp³-hybridized carbons (Fsp3) is 0.450. The lowest BCUT2D eigenvalue weighted by Gasteiger charge is -2.31. The Morgan fingerprint density at radius 2 is 2.21 bits per heavy atom. The van der Waals surface area contributed by atoms with Crippen LogP contribution in [0.25, 0.3) is 0 Å². The summed E-state index contributed by atoms with van der Waals surface area (Å²) < 4.78 is 30.7. The van der Waals surface area contributed by atoms with Gasteiger partial charge in [-0.1, -0.05) is 19.4 Å². The van der Waals surface area contributed by atoms with Crippen molar-refractivity contribution in [1.82, 2.24) is 15.6 Å². The Labute approximate surface area is 166 Å². The molecular weight excluding hydrogens is 382 g/mol. The molecule has 2 aromatic heterocycles. The van der Waals surface area contributed by atoms with E-state index in [0.29, 0.717) is 31.2 Å². The largest absolute Gasteiger partial charge is 0.336 e. The number of pyridine rings is 1. The summed E-state index contributed by atoms with van der Waals surface area (Å²) in [6.45, 7) is 1.88. The molecule has 0 spiro atoms. The van der Waals surface area contributed by atoms with Crippen LogP contribution in [0.1, 0.15) is 49.9 Å². The minimum Gasteiger partial charge on any atom is -0.336 e. The van der Waals surface area contributed by atoms with E-state index in [1.165, 1.54) is 29.7 Å². The predicted octanol–water partition coefficient (Wildman–Crippen LogP) is 3.91. The highest BCUT2D eigenvalue weighted by molar-refractivity contribution is 7.08. The van der Waals surface area contributed by atoms with E-state index in [2.05, 4.69) is 21.7 Å². The van der Waals surface area contributed by atoms with Crippen molar-refractivity contribution in [3.8, 4) is 6.07 Å². The van der Waals surface area contributed by atoms with E-state index in [1.54, 1.807) is 22.9 Å². The number of halogens is 2. The van der Waals surface area contributed by atoms with Crippen molar-refractivity contribution in [2.75, 3.05) is 0 Å². The van der Waals surface area contributed by atoms with Gasteiger partial charge in [0, 0.05) is 6.20 Å². The van der Waals surface area contributed by atoms with Crippen LogP contribution in [-0.4, -0.2) is 22.5 Å². The van der Waals surface area contributed by atoms with Gasteiger partial charge in [-0.2, -0.15) is 25.4 Å². The highest BCUT2D eigenvalue weighted by Gasteiger charge is 2.48. The second kappa shape index (κ2) is 8.33. The van der Waals surface area contributed by atoms with E-state index >= 15 is 8.78 Å². The molecule has 1 fully saturated rings. The highest BCUT2D eigenvalue weighted by atomic mass is 32.1. The third-order valence-electron chi connectivity index (χ3n) is 4.83. The number of aromatic nitrogens is 1. The molecule has 5 nitrogen and oxygen atoms in total. The number of amides is 1. The van der Waals surface area contributed by atoms with Crippen molar-refractivity contribution in [3.05, 3.63) is 52.5 Å². The summed E-state index contributed by atoms with van der Waals surface area (Å²) in [5, 5.41) is 18.2. The molecule has 2 N–H and O–H groups in total. The molecule has 0 unspecified atom stereocenters. The summed E-state index contributed by atoms with van der Waals surface area (Å²) in [4.78, 5) is 16.6. The van der Waals surface area contributed by atoms with Crippen LogP contribution in [0.2, 0.25) is 0 Å². The monoisotopic (exact) mass is 404 g/mol. The smallest absolute Gasteiger partial charge is 0.308 e. The SMILES string of the molecule is CCC[C@H](N[C@@H](c1ccsc1)C(F)(F)c1ccccn1)C(=O)NC1(C#N)CC1. The van der Waals surface area contributed by atoms with Gasteiger partial charge in [-0.15, -0.1) is 0 Å². The third-order valence-corrected chi connectivity index (χ3v) is 5.54. The standard InChI is InChI=1S/C20H22F2N4OS/c1-2-5-15(18(27)26-19(13-23)8-9-19)25-17(14-7-11-28-12-14)20(21,22)16-6-3-4-10-24-16/h3-4,6-7,10-12,15,17,25H,2,5,8-9H2,1H3,(H,26,27)/t15-,17-/m0/s1. The Kier molecular flexibility index (Phi) is 6.06. The maximum Gasteiger partial charge on any atom is 0.308 e. The predicted molar refractivity (Wildman–Crippen MR) is 103 cm³/mol. The first-order valence-electron chi connectivity index (χ1n) is 9.22. The second-order valence-corrected chi connectivity index (χ2v) is 7.80. The first-order chi connectivity index (χ1) is 13.4. The zero-order valence-electron chi connectivity index (χ0n) is 15.5. The van der Waals surface area contributed by atoms with Crippen LogP contribution < -0.4 is 10.6 Å².